The predicted octanol–water partition coefficient (Wildman–Crippen LogP) is 4.25. The summed E-state index contributed by atoms with van der Waals surface area (Å²) in [6.07, 6.45) is 0. The van der Waals surface area contributed by atoms with E-state index in [9.17, 15) is 14.0 Å². The molecule has 3 aromatic rings. The van der Waals surface area contributed by atoms with Crippen molar-refractivity contribution >= 4 is 28.4 Å². The molecule has 7 heteroatoms. The standard InChI is InChI=1S/C23H20FN3O3/c1-13-19(22(28)26-16-10-8-15(24)9-11-16)21(27-23(29)25-13)20-17-6-4-3-5-14(17)7-12-18(20)30-2/h3-12,21H,1-2H3,(H,26,28)(H2,25,27,29)/t21-/m1/s1. The highest BCUT2D eigenvalue weighted by molar-refractivity contribution is 6.07. The van der Waals surface area contributed by atoms with Gasteiger partial charge in [0.25, 0.3) is 5.91 Å². The van der Waals surface area contributed by atoms with E-state index in [-0.39, 0.29) is 0 Å². The second kappa shape index (κ2) is 7.87. The van der Waals surface area contributed by atoms with Crippen LogP contribution in [0.4, 0.5) is 14.9 Å². The number of methoxy groups -OCH3 is 1. The van der Waals surface area contributed by atoms with Crippen molar-refractivity contribution in [2.45, 2.75) is 13.0 Å². The van der Waals surface area contributed by atoms with Gasteiger partial charge in [0.05, 0.1) is 18.7 Å². The molecular formula is C23H20FN3O3. The molecule has 0 aliphatic carbocycles. The van der Waals surface area contributed by atoms with Crippen LogP contribution in [-0.4, -0.2) is 19.0 Å². The first-order valence-corrected chi connectivity index (χ1v) is 9.39. The molecule has 0 unspecified atom stereocenters. The van der Waals surface area contributed by atoms with Crippen molar-refractivity contribution in [3.8, 4) is 5.75 Å². The van der Waals surface area contributed by atoms with Gasteiger partial charge in [-0.2, -0.15) is 0 Å². The first-order valence-electron chi connectivity index (χ1n) is 9.39. The smallest absolute Gasteiger partial charge is 0.319 e. The molecule has 3 N–H and O–H groups in total. The number of carbonyl (C=O) groups is 2. The minimum atomic E-state index is -0.736. The molecule has 0 saturated heterocycles. The summed E-state index contributed by atoms with van der Waals surface area (Å²) in [5, 5.41) is 10.1. The Hall–Kier alpha value is -3.87. The third kappa shape index (κ3) is 3.57. The molecule has 0 fully saturated rings. The zero-order valence-electron chi connectivity index (χ0n) is 16.5. The van der Waals surface area contributed by atoms with Crippen LogP contribution in [0.25, 0.3) is 10.8 Å². The number of fused-ring (bicyclic) bond motifs is 1. The van der Waals surface area contributed by atoms with Crippen LogP contribution in [0.1, 0.15) is 18.5 Å². The molecule has 1 aliphatic rings. The van der Waals surface area contributed by atoms with E-state index in [1.54, 1.807) is 14.0 Å². The third-order valence-corrected chi connectivity index (χ3v) is 5.06. The Bertz CT molecular complexity index is 1170. The first kappa shape index (κ1) is 19.4. The summed E-state index contributed by atoms with van der Waals surface area (Å²) in [5.74, 6) is -0.249. The van der Waals surface area contributed by atoms with E-state index in [2.05, 4.69) is 16.0 Å². The van der Waals surface area contributed by atoms with Gasteiger partial charge in [-0.05, 0) is 48.0 Å². The summed E-state index contributed by atoms with van der Waals surface area (Å²) in [7, 11) is 1.55. The van der Waals surface area contributed by atoms with Crippen LogP contribution in [0, 0.1) is 5.82 Å². The van der Waals surface area contributed by atoms with Gasteiger partial charge in [-0.3, -0.25) is 4.79 Å². The van der Waals surface area contributed by atoms with Crippen molar-refractivity contribution in [3.05, 3.63) is 83.3 Å². The number of amides is 3. The fourth-order valence-corrected chi connectivity index (χ4v) is 3.69. The maximum atomic E-state index is 13.2. The number of carbonyl (C=O) groups excluding carboxylic acids is 2. The molecule has 0 aromatic heterocycles. The van der Waals surface area contributed by atoms with Gasteiger partial charge < -0.3 is 20.7 Å². The number of rotatable bonds is 4. The summed E-state index contributed by atoms with van der Waals surface area (Å²) in [4.78, 5) is 25.5. The lowest BCUT2D eigenvalue weighted by Crippen LogP contribution is -2.46. The number of ether oxygens (including phenoxy) is 1. The van der Waals surface area contributed by atoms with Gasteiger partial charge >= 0.3 is 6.03 Å². The second-order valence-electron chi connectivity index (χ2n) is 6.93. The molecule has 1 atom stereocenters. The highest BCUT2D eigenvalue weighted by Gasteiger charge is 2.34. The average molecular weight is 405 g/mol. The monoisotopic (exact) mass is 405 g/mol. The zero-order valence-corrected chi connectivity index (χ0v) is 16.5. The Kier molecular flexibility index (Phi) is 5.10. The third-order valence-electron chi connectivity index (χ3n) is 5.06. The molecule has 3 amide bonds. The fourth-order valence-electron chi connectivity index (χ4n) is 3.69. The van der Waals surface area contributed by atoms with Gasteiger partial charge in [0.1, 0.15) is 11.6 Å². The topological polar surface area (TPSA) is 79.5 Å². The molecule has 1 aliphatic heterocycles. The van der Waals surface area contributed by atoms with Crippen LogP contribution in [0.15, 0.2) is 71.9 Å². The van der Waals surface area contributed by atoms with E-state index in [1.165, 1.54) is 24.3 Å². The molecule has 6 nitrogen and oxygen atoms in total. The number of allylic oxidation sites excluding steroid dienone is 1. The highest BCUT2D eigenvalue weighted by atomic mass is 19.1. The van der Waals surface area contributed by atoms with Crippen LogP contribution in [0.2, 0.25) is 0 Å². The van der Waals surface area contributed by atoms with E-state index in [4.69, 9.17) is 4.74 Å². The minimum Gasteiger partial charge on any atom is -0.496 e. The zero-order chi connectivity index (χ0) is 21.3. The number of anilines is 1. The number of benzene rings is 3. The van der Waals surface area contributed by atoms with Crippen LogP contribution in [-0.2, 0) is 4.79 Å². The quantitative estimate of drug-likeness (QED) is 0.607. The number of halogens is 1. The van der Waals surface area contributed by atoms with E-state index in [0.717, 1.165) is 10.8 Å². The fraction of sp³-hybridized carbons (Fsp3) is 0.130. The molecule has 0 bridgehead atoms. The van der Waals surface area contributed by atoms with Crippen molar-refractivity contribution in [1.82, 2.24) is 10.6 Å². The molecule has 0 saturated carbocycles. The Morgan fingerprint density at radius 3 is 2.53 bits per heavy atom. The summed E-state index contributed by atoms with van der Waals surface area (Å²) >= 11 is 0. The van der Waals surface area contributed by atoms with Gasteiger partial charge in [-0.1, -0.05) is 30.3 Å². The molecule has 4 rings (SSSR count). The van der Waals surface area contributed by atoms with Crippen LogP contribution in [0.5, 0.6) is 5.75 Å². The van der Waals surface area contributed by atoms with Crippen molar-refractivity contribution in [1.29, 1.82) is 0 Å². The second-order valence-corrected chi connectivity index (χ2v) is 6.93. The molecule has 1 heterocycles. The van der Waals surface area contributed by atoms with E-state index in [0.29, 0.717) is 28.3 Å². The lowest BCUT2D eigenvalue weighted by atomic mass is 9.90. The Morgan fingerprint density at radius 1 is 1.07 bits per heavy atom. The van der Waals surface area contributed by atoms with Crippen LogP contribution < -0.4 is 20.7 Å². The Morgan fingerprint density at radius 2 is 1.80 bits per heavy atom. The van der Waals surface area contributed by atoms with E-state index < -0.39 is 23.8 Å². The van der Waals surface area contributed by atoms with Crippen molar-refractivity contribution in [3.63, 3.8) is 0 Å². The first-order chi connectivity index (χ1) is 14.5. The maximum Gasteiger partial charge on any atom is 0.319 e. The summed E-state index contributed by atoms with van der Waals surface area (Å²) in [5.41, 5.74) is 1.91. The highest BCUT2D eigenvalue weighted by Crippen LogP contribution is 2.38. The van der Waals surface area contributed by atoms with Gasteiger partial charge in [0, 0.05) is 16.9 Å². The SMILES string of the molecule is COc1ccc2ccccc2c1[C@@H]1NC(=O)NC(C)=C1C(=O)Nc1ccc(F)cc1. The van der Waals surface area contributed by atoms with Crippen molar-refractivity contribution in [2.24, 2.45) is 0 Å². The lowest BCUT2D eigenvalue weighted by molar-refractivity contribution is -0.113. The predicted molar refractivity (Wildman–Crippen MR) is 113 cm³/mol. The average Bonchev–Trinajstić information content (AvgIpc) is 2.73. The normalized spacial score (nSPS) is 16.1. The van der Waals surface area contributed by atoms with Crippen molar-refractivity contribution in [2.75, 3.05) is 12.4 Å². The molecule has 3 aromatic carbocycles. The number of hydrogen-bond acceptors (Lipinski definition) is 3. The van der Waals surface area contributed by atoms with E-state index >= 15 is 0 Å². The Labute approximate surface area is 172 Å². The number of nitrogens with one attached hydrogen (secondary N) is 3. The molecular weight excluding hydrogens is 385 g/mol. The maximum absolute atomic E-state index is 13.2. The number of urea groups is 1. The van der Waals surface area contributed by atoms with Crippen molar-refractivity contribution < 1.29 is 18.7 Å². The van der Waals surface area contributed by atoms with Gasteiger partial charge in [0.15, 0.2) is 0 Å². The summed E-state index contributed by atoms with van der Waals surface area (Å²) < 4.78 is 18.8. The minimum absolute atomic E-state index is 0.341. The summed E-state index contributed by atoms with van der Waals surface area (Å²) in [6, 6.07) is 15.8. The number of hydrogen-bond donors (Lipinski definition) is 3. The largest absolute Gasteiger partial charge is 0.496 e. The van der Waals surface area contributed by atoms with E-state index in [1.807, 2.05) is 36.4 Å². The molecule has 0 spiro atoms. The van der Waals surface area contributed by atoms with Crippen LogP contribution >= 0.6 is 0 Å². The summed E-state index contributed by atoms with van der Waals surface area (Å²) in [6.45, 7) is 1.67. The Balaban J connectivity index is 1.82. The lowest BCUT2D eigenvalue weighted by Gasteiger charge is -2.30. The van der Waals surface area contributed by atoms with Gasteiger partial charge in [0.2, 0.25) is 0 Å². The molecule has 0 radical (unpaired) electrons. The molecule has 30 heavy (non-hydrogen) atoms. The van der Waals surface area contributed by atoms with Gasteiger partial charge in [-0.25, -0.2) is 9.18 Å². The van der Waals surface area contributed by atoms with Gasteiger partial charge in [-0.15, -0.1) is 0 Å². The van der Waals surface area contributed by atoms with Crippen LogP contribution in [0.3, 0.4) is 0 Å². The molecule has 152 valence electrons.